The molecule has 5 rings (SSSR count). The van der Waals surface area contributed by atoms with E-state index in [9.17, 15) is 14.0 Å². The van der Waals surface area contributed by atoms with Gasteiger partial charge in [-0.25, -0.2) is 13.9 Å². The average Bonchev–Trinajstić information content (AvgIpc) is 3.55. The second kappa shape index (κ2) is 10.5. The molecule has 0 bridgehead atoms. The van der Waals surface area contributed by atoms with Gasteiger partial charge in [0.25, 0.3) is 0 Å². The summed E-state index contributed by atoms with van der Waals surface area (Å²) >= 11 is 9.01. The lowest BCUT2D eigenvalue weighted by atomic mass is 10.1. The Hall–Kier alpha value is -3.80. The minimum Gasteiger partial charge on any atom is -0.481 e. The minimum atomic E-state index is -1.08. The Morgan fingerprint density at radius 1 is 1.13 bits per heavy atom. The number of rotatable bonds is 7. The first-order valence-corrected chi connectivity index (χ1v) is 13.4. The summed E-state index contributed by atoms with van der Waals surface area (Å²) in [6.07, 6.45) is -1.43. The third-order valence-electron chi connectivity index (χ3n) is 5.78. The number of nitrogens with one attached hydrogen (secondary N) is 1. The number of benzene rings is 2. The fourth-order valence-electron chi connectivity index (χ4n) is 3.90. The highest BCUT2D eigenvalue weighted by atomic mass is 35.5. The zero-order chi connectivity index (χ0) is 27.0. The number of carbonyl (C=O) groups excluding carboxylic acids is 1. The van der Waals surface area contributed by atoms with Gasteiger partial charge in [-0.3, -0.25) is 10.1 Å². The summed E-state index contributed by atoms with van der Waals surface area (Å²) in [5.41, 5.74) is 1.88. The second-order valence-electron chi connectivity index (χ2n) is 8.44. The van der Waals surface area contributed by atoms with E-state index in [4.69, 9.17) is 21.4 Å². The van der Waals surface area contributed by atoms with E-state index in [1.807, 2.05) is 42.5 Å². The largest absolute Gasteiger partial charge is 0.481 e. The topological polar surface area (TPSA) is 106 Å². The van der Waals surface area contributed by atoms with Crippen molar-refractivity contribution in [3.05, 3.63) is 76.6 Å². The molecule has 0 saturated heterocycles. The van der Waals surface area contributed by atoms with Crippen LogP contribution in [0, 0.1) is 5.82 Å². The van der Waals surface area contributed by atoms with Gasteiger partial charge in [0.1, 0.15) is 17.6 Å². The average molecular weight is 571 g/mol. The molecule has 194 valence electrons. The van der Waals surface area contributed by atoms with Gasteiger partial charge in [-0.05, 0) is 42.3 Å². The molecule has 8 nitrogen and oxygen atoms in total. The zero-order valence-electron chi connectivity index (χ0n) is 20.1. The van der Waals surface area contributed by atoms with Gasteiger partial charge in [0.15, 0.2) is 5.82 Å². The second-order valence-corrected chi connectivity index (χ2v) is 11.0. The smallest absolute Gasteiger partial charge is 0.413 e. The van der Waals surface area contributed by atoms with Gasteiger partial charge in [0.2, 0.25) is 0 Å². The number of ether oxygens (including phenoxy) is 1. The highest BCUT2D eigenvalue weighted by Gasteiger charge is 2.21. The summed E-state index contributed by atoms with van der Waals surface area (Å²) in [7, 11) is 1.67. The molecule has 0 fully saturated rings. The third kappa shape index (κ3) is 5.26. The molecular formula is C26H20ClFN4O4S2. The van der Waals surface area contributed by atoms with E-state index in [1.165, 1.54) is 39.5 Å². The molecule has 0 saturated carbocycles. The standard InChI is InChI=1S/C26H20ClFN4O4S2/c1-13(14-6-4-3-5-7-14)36-26(35)29-25-24(30-31-32(25)2)22-12-21-20(38-22)11-19(37-21)16-10-17(27)15(8-18(16)28)9-23(33)34/h3-8,10-13H,9H2,1-2H3,(H,29,35)(H,33,34)/t13-/m1/s1. The molecular weight excluding hydrogens is 551 g/mol. The Morgan fingerprint density at radius 2 is 1.82 bits per heavy atom. The van der Waals surface area contributed by atoms with E-state index in [-0.39, 0.29) is 17.0 Å². The maximum Gasteiger partial charge on any atom is 0.413 e. The summed E-state index contributed by atoms with van der Waals surface area (Å²) in [6, 6.07) is 15.8. The summed E-state index contributed by atoms with van der Waals surface area (Å²) in [5.74, 6) is -1.24. The van der Waals surface area contributed by atoms with Crippen LogP contribution >= 0.6 is 34.3 Å². The van der Waals surface area contributed by atoms with E-state index < -0.39 is 24.0 Å². The van der Waals surface area contributed by atoms with E-state index in [0.29, 0.717) is 22.0 Å². The number of anilines is 1. The lowest BCUT2D eigenvalue weighted by Gasteiger charge is -2.14. The first-order chi connectivity index (χ1) is 18.2. The molecule has 1 amide bonds. The highest BCUT2D eigenvalue weighted by molar-refractivity contribution is 7.31. The molecule has 2 aromatic carbocycles. The summed E-state index contributed by atoms with van der Waals surface area (Å²) in [4.78, 5) is 25.0. The van der Waals surface area contributed by atoms with E-state index >= 15 is 0 Å². The fourth-order valence-corrected chi connectivity index (χ4v) is 6.53. The van der Waals surface area contributed by atoms with Crippen LogP contribution in [0.1, 0.15) is 24.2 Å². The van der Waals surface area contributed by atoms with Crippen molar-refractivity contribution in [2.24, 2.45) is 7.05 Å². The molecule has 0 aliphatic rings. The van der Waals surface area contributed by atoms with Gasteiger partial charge in [-0.2, -0.15) is 0 Å². The van der Waals surface area contributed by atoms with Gasteiger partial charge in [0.05, 0.1) is 11.3 Å². The predicted molar refractivity (Wildman–Crippen MR) is 146 cm³/mol. The number of carboxylic acids is 1. The Labute approximate surface area is 229 Å². The van der Waals surface area contributed by atoms with Crippen molar-refractivity contribution in [1.82, 2.24) is 15.0 Å². The van der Waals surface area contributed by atoms with Crippen LogP contribution in [0.4, 0.5) is 15.0 Å². The summed E-state index contributed by atoms with van der Waals surface area (Å²) in [5, 5.41) is 20.2. The molecule has 12 heteroatoms. The summed E-state index contributed by atoms with van der Waals surface area (Å²) in [6.45, 7) is 1.79. The molecule has 0 spiro atoms. The number of amides is 1. The maximum absolute atomic E-state index is 14.8. The monoisotopic (exact) mass is 570 g/mol. The molecule has 0 radical (unpaired) electrons. The van der Waals surface area contributed by atoms with Crippen LogP contribution in [-0.2, 0) is 23.0 Å². The normalized spacial score (nSPS) is 12.0. The van der Waals surface area contributed by atoms with Gasteiger partial charge in [0, 0.05) is 31.9 Å². The summed E-state index contributed by atoms with van der Waals surface area (Å²) < 4.78 is 23.6. The van der Waals surface area contributed by atoms with Crippen LogP contribution in [0.2, 0.25) is 5.02 Å². The highest BCUT2D eigenvalue weighted by Crippen LogP contribution is 2.43. The number of nitrogens with zero attached hydrogens (tertiary/aromatic N) is 3. The predicted octanol–water partition coefficient (Wildman–Crippen LogP) is 7.15. The van der Waals surface area contributed by atoms with Crippen LogP contribution in [-0.4, -0.2) is 32.2 Å². The zero-order valence-corrected chi connectivity index (χ0v) is 22.5. The van der Waals surface area contributed by atoms with Gasteiger partial charge in [-0.15, -0.1) is 27.8 Å². The van der Waals surface area contributed by atoms with Crippen LogP contribution < -0.4 is 5.32 Å². The van der Waals surface area contributed by atoms with E-state index in [2.05, 4.69) is 15.6 Å². The number of aliphatic carboxylic acids is 1. The Kier molecular flexibility index (Phi) is 7.15. The van der Waals surface area contributed by atoms with Gasteiger partial charge in [-0.1, -0.05) is 47.1 Å². The molecule has 1 atom stereocenters. The molecule has 0 aliphatic heterocycles. The number of hydrogen-bond donors (Lipinski definition) is 2. The number of aromatic nitrogens is 3. The SMILES string of the molecule is C[C@@H](OC(=O)Nc1c(-c2cc3sc(-c4cc(Cl)c(CC(=O)O)cc4F)cc3s2)nnn1C)c1ccccc1. The Balaban J connectivity index is 1.37. The van der Waals surface area contributed by atoms with Crippen molar-refractivity contribution in [3.8, 4) is 21.0 Å². The van der Waals surface area contributed by atoms with Crippen LogP contribution in [0.15, 0.2) is 54.6 Å². The fraction of sp³-hybridized carbons (Fsp3) is 0.154. The van der Waals surface area contributed by atoms with Gasteiger partial charge < -0.3 is 9.84 Å². The third-order valence-corrected chi connectivity index (χ3v) is 8.47. The van der Waals surface area contributed by atoms with Crippen molar-refractivity contribution >= 4 is 61.6 Å². The number of halogens is 2. The number of carbonyl (C=O) groups is 2. The first kappa shape index (κ1) is 25.8. The molecule has 3 heterocycles. The number of hydrogen-bond acceptors (Lipinski definition) is 7. The lowest BCUT2D eigenvalue weighted by molar-refractivity contribution is -0.136. The van der Waals surface area contributed by atoms with E-state index in [1.54, 1.807) is 14.0 Å². The number of thiophene rings is 2. The van der Waals surface area contributed by atoms with Crippen LogP contribution in [0.25, 0.3) is 30.4 Å². The minimum absolute atomic E-state index is 0.199. The molecule has 0 unspecified atom stereocenters. The lowest BCUT2D eigenvalue weighted by Crippen LogP contribution is -2.18. The number of aryl methyl sites for hydroxylation is 1. The van der Waals surface area contributed by atoms with Crippen molar-refractivity contribution in [1.29, 1.82) is 0 Å². The van der Waals surface area contributed by atoms with Crippen molar-refractivity contribution in [3.63, 3.8) is 0 Å². The quantitative estimate of drug-likeness (QED) is 0.215. The Bertz CT molecular complexity index is 1630. The number of carboxylic acid groups (broad SMARTS) is 1. The van der Waals surface area contributed by atoms with Crippen molar-refractivity contribution < 1.29 is 23.8 Å². The number of fused-ring (bicyclic) bond motifs is 1. The molecule has 3 aromatic heterocycles. The molecule has 5 aromatic rings. The molecule has 2 N–H and O–H groups in total. The molecule has 38 heavy (non-hydrogen) atoms. The first-order valence-electron chi connectivity index (χ1n) is 11.4. The maximum atomic E-state index is 14.8. The Morgan fingerprint density at radius 3 is 2.53 bits per heavy atom. The van der Waals surface area contributed by atoms with Gasteiger partial charge >= 0.3 is 12.1 Å². The van der Waals surface area contributed by atoms with Crippen LogP contribution in [0.3, 0.4) is 0 Å². The van der Waals surface area contributed by atoms with Crippen molar-refractivity contribution in [2.45, 2.75) is 19.4 Å². The van der Waals surface area contributed by atoms with Crippen LogP contribution in [0.5, 0.6) is 0 Å². The molecule has 0 aliphatic carbocycles. The van der Waals surface area contributed by atoms with Crippen molar-refractivity contribution in [2.75, 3.05) is 5.32 Å². The van der Waals surface area contributed by atoms with E-state index in [0.717, 1.165) is 19.8 Å².